The summed E-state index contributed by atoms with van der Waals surface area (Å²) in [6, 6.07) is 1.75. The molecule has 1 fully saturated rings. The van der Waals surface area contributed by atoms with Crippen LogP contribution in [0.15, 0.2) is 21.2 Å². The summed E-state index contributed by atoms with van der Waals surface area (Å²) in [5.74, 6) is 0.504. The van der Waals surface area contributed by atoms with Gasteiger partial charge in [0.15, 0.2) is 5.13 Å². The van der Waals surface area contributed by atoms with Gasteiger partial charge in [-0.15, -0.1) is 11.3 Å². The van der Waals surface area contributed by atoms with E-state index >= 15 is 0 Å². The van der Waals surface area contributed by atoms with Gasteiger partial charge >= 0.3 is 5.69 Å². The third kappa shape index (κ3) is 1.76. The van der Waals surface area contributed by atoms with Gasteiger partial charge in [-0.25, -0.2) is 14.3 Å². The molecule has 2 aromatic rings. The van der Waals surface area contributed by atoms with Crippen LogP contribution < -0.4 is 11.2 Å². The second-order valence-electron chi connectivity index (χ2n) is 4.11. The Morgan fingerprint density at radius 1 is 1.50 bits per heavy atom. The summed E-state index contributed by atoms with van der Waals surface area (Å²) >= 11 is 1.33. The minimum absolute atomic E-state index is 0.0993. The maximum Gasteiger partial charge on any atom is 0.334 e. The molecule has 1 N–H and O–H groups in total. The summed E-state index contributed by atoms with van der Waals surface area (Å²) in [6.07, 6.45) is 3.50. The van der Waals surface area contributed by atoms with Gasteiger partial charge in [-0.3, -0.25) is 9.78 Å². The van der Waals surface area contributed by atoms with Crippen molar-refractivity contribution in [1.29, 1.82) is 5.26 Å². The smallest absolute Gasteiger partial charge is 0.272 e. The molecule has 2 aromatic heterocycles. The number of nitrogens with one attached hydrogen (secondary N) is 1. The van der Waals surface area contributed by atoms with Crippen molar-refractivity contribution in [3.05, 3.63) is 43.7 Å². The van der Waals surface area contributed by atoms with Gasteiger partial charge in [0.05, 0.1) is 5.69 Å². The first-order chi connectivity index (χ1) is 8.69. The summed E-state index contributed by atoms with van der Waals surface area (Å²) in [5.41, 5.74) is -0.363. The van der Waals surface area contributed by atoms with E-state index in [1.165, 1.54) is 22.1 Å². The Balaban J connectivity index is 2.12. The van der Waals surface area contributed by atoms with Crippen molar-refractivity contribution in [1.82, 2.24) is 14.5 Å². The van der Waals surface area contributed by atoms with E-state index in [4.69, 9.17) is 5.26 Å². The third-order valence-corrected chi connectivity index (χ3v) is 3.63. The van der Waals surface area contributed by atoms with E-state index in [1.807, 2.05) is 5.38 Å². The van der Waals surface area contributed by atoms with Gasteiger partial charge in [0.2, 0.25) is 0 Å². The highest BCUT2D eigenvalue weighted by Gasteiger charge is 2.26. The van der Waals surface area contributed by atoms with E-state index in [1.54, 1.807) is 6.07 Å². The predicted molar refractivity (Wildman–Crippen MR) is 65.0 cm³/mol. The van der Waals surface area contributed by atoms with Crippen LogP contribution in [0.2, 0.25) is 0 Å². The lowest BCUT2D eigenvalue weighted by atomic mass is 10.3. The van der Waals surface area contributed by atoms with Crippen LogP contribution in [0, 0.1) is 11.3 Å². The van der Waals surface area contributed by atoms with Gasteiger partial charge in [-0.05, 0) is 12.8 Å². The molecule has 0 saturated heterocycles. The summed E-state index contributed by atoms with van der Waals surface area (Å²) in [7, 11) is 0. The first-order valence-electron chi connectivity index (χ1n) is 5.41. The number of hydrogen-bond acceptors (Lipinski definition) is 5. The second kappa shape index (κ2) is 3.92. The summed E-state index contributed by atoms with van der Waals surface area (Å²) in [4.78, 5) is 29.4. The van der Waals surface area contributed by atoms with E-state index < -0.39 is 11.2 Å². The number of nitrogens with zero attached hydrogens (tertiary/aromatic N) is 3. The predicted octanol–water partition coefficient (Wildman–Crippen LogP) is 0.731. The van der Waals surface area contributed by atoms with Gasteiger partial charge < -0.3 is 0 Å². The number of aromatic nitrogens is 3. The molecular weight excluding hydrogens is 252 g/mol. The maximum atomic E-state index is 11.7. The van der Waals surface area contributed by atoms with Crippen molar-refractivity contribution in [2.75, 3.05) is 0 Å². The zero-order valence-corrected chi connectivity index (χ0v) is 10.0. The van der Waals surface area contributed by atoms with Crippen LogP contribution >= 0.6 is 11.3 Å². The van der Waals surface area contributed by atoms with Crippen LogP contribution in [0.3, 0.4) is 0 Å². The lowest BCUT2D eigenvalue weighted by Crippen LogP contribution is -2.30. The average molecular weight is 260 g/mol. The molecule has 0 radical (unpaired) electrons. The largest absolute Gasteiger partial charge is 0.334 e. The summed E-state index contributed by atoms with van der Waals surface area (Å²) < 4.78 is 1.20. The first-order valence-corrected chi connectivity index (χ1v) is 6.29. The molecule has 18 heavy (non-hydrogen) atoms. The van der Waals surface area contributed by atoms with Crippen LogP contribution in [0.1, 0.15) is 30.0 Å². The molecule has 1 aliphatic carbocycles. The third-order valence-electron chi connectivity index (χ3n) is 2.77. The Labute approximate surface area is 105 Å². The average Bonchev–Trinajstić information content (AvgIpc) is 3.09. The zero-order chi connectivity index (χ0) is 12.7. The van der Waals surface area contributed by atoms with Gasteiger partial charge in [0.25, 0.3) is 5.56 Å². The molecule has 0 spiro atoms. The van der Waals surface area contributed by atoms with E-state index in [2.05, 4.69) is 9.97 Å². The fourth-order valence-electron chi connectivity index (χ4n) is 1.65. The fraction of sp³-hybridized carbons (Fsp3) is 0.273. The van der Waals surface area contributed by atoms with Crippen molar-refractivity contribution >= 4 is 11.3 Å². The molecule has 0 bridgehead atoms. The van der Waals surface area contributed by atoms with Crippen molar-refractivity contribution in [2.24, 2.45) is 0 Å². The number of rotatable bonds is 2. The highest BCUT2D eigenvalue weighted by molar-refractivity contribution is 7.12. The van der Waals surface area contributed by atoms with Gasteiger partial charge in [0.1, 0.15) is 11.6 Å². The Bertz CT molecular complexity index is 760. The number of hydrogen-bond donors (Lipinski definition) is 1. The van der Waals surface area contributed by atoms with E-state index in [-0.39, 0.29) is 5.56 Å². The number of aromatic amines is 1. The Morgan fingerprint density at radius 2 is 2.28 bits per heavy atom. The maximum absolute atomic E-state index is 11.7. The molecule has 1 saturated carbocycles. The number of nitriles is 1. The highest BCUT2D eigenvalue weighted by atomic mass is 32.1. The molecular formula is C11H8N4O2S. The standard InChI is InChI=1S/C11H8N4O2S/c12-3-7-4-15(10(17)14-9(7)16)11-13-8(5-18-11)6-1-2-6/h4-6H,1-2H2,(H,14,16,17). The lowest BCUT2D eigenvalue weighted by molar-refractivity contribution is 0.870. The molecule has 1 aliphatic rings. The topological polar surface area (TPSA) is 91.5 Å². The molecule has 3 rings (SSSR count). The van der Waals surface area contributed by atoms with Crippen LogP contribution in [-0.4, -0.2) is 14.5 Å². The highest BCUT2D eigenvalue weighted by Crippen LogP contribution is 2.40. The molecule has 0 aromatic carbocycles. The Kier molecular flexibility index (Phi) is 2.38. The zero-order valence-electron chi connectivity index (χ0n) is 9.21. The minimum Gasteiger partial charge on any atom is -0.272 e. The lowest BCUT2D eigenvalue weighted by Gasteiger charge is -1.99. The first kappa shape index (κ1) is 10.9. The van der Waals surface area contributed by atoms with Gasteiger partial charge in [0, 0.05) is 17.5 Å². The fourth-order valence-corrected chi connectivity index (χ4v) is 2.52. The van der Waals surface area contributed by atoms with Crippen molar-refractivity contribution in [2.45, 2.75) is 18.8 Å². The van der Waals surface area contributed by atoms with Crippen LogP contribution in [0.4, 0.5) is 0 Å². The van der Waals surface area contributed by atoms with Crippen LogP contribution in [0.25, 0.3) is 5.13 Å². The molecule has 7 heteroatoms. The van der Waals surface area contributed by atoms with E-state index in [0.717, 1.165) is 18.5 Å². The normalized spacial score (nSPS) is 14.4. The number of H-pyrrole nitrogens is 1. The van der Waals surface area contributed by atoms with Gasteiger partial charge in [-0.1, -0.05) is 0 Å². The second-order valence-corrected chi connectivity index (χ2v) is 4.95. The van der Waals surface area contributed by atoms with Crippen molar-refractivity contribution in [3.8, 4) is 11.2 Å². The van der Waals surface area contributed by atoms with Crippen molar-refractivity contribution < 1.29 is 0 Å². The minimum atomic E-state index is -0.669. The van der Waals surface area contributed by atoms with Crippen molar-refractivity contribution in [3.63, 3.8) is 0 Å². The van der Waals surface area contributed by atoms with E-state index in [9.17, 15) is 9.59 Å². The van der Waals surface area contributed by atoms with Gasteiger partial charge in [-0.2, -0.15) is 5.26 Å². The molecule has 0 amide bonds. The van der Waals surface area contributed by atoms with Crippen LogP contribution in [-0.2, 0) is 0 Å². The molecule has 6 nitrogen and oxygen atoms in total. The summed E-state index contributed by atoms with van der Waals surface area (Å²) in [5, 5.41) is 11.2. The molecule has 90 valence electrons. The molecule has 0 aliphatic heterocycles. The molecule has 0 atom stereocenters. The number of thiazole rings is 1. The monoisotopic (exact) mass is 260 g/mol. The quantitative estimate of drug-likeness (QED) is 0.861. The Morgan fingerprint density at radius 3 is 2.94 bits per heavy atom. The Hall–Kier alpha value is -2.20. The van der Waals surface area contributed by atoms with Crippen LogP contribution in [0.5, 0.6) is 0 Å². The molecule has 2 heterocycles. The SMILES string of the molecule is N#Cc1cn(-c2nc(C3CC3)cs2)c(=O)[nH]c1=O. The van der Waals surface area contributed by atoms with E-state index in [0.29, 0.717) is 11.0 Å². The summed E-state index contributed by atoms with van der Waals surface area (Å²) in [6.45, 7) is 0. The molecule has 0 unspecified atom stereocenters.